The summed E-state index contributed by atoms with van der Waals surface area (Å²) in [4.78, 5) is 26.9. The van der Waals surface area contributed by atoms with E-state index in [0.29, 0.717) is 18.8 Å². The molecule has 0 aliphatic carbocycles. The van der Waals surface area contributed by atoms with E-state index in [4.69, 9.17) is 0 Å². The van der Waals surface area contributed by atoms with Gasteiger partial charge < -0.3 is 10.2 Å². The lowest BCUT2D eigenvalue weighted by Gasteiger charge is -2.19. The van der Waals surface area contributed by atoms with Crippen molar-refractivity contribution in [3.8, 4) is 0 Å². The normalized spacial score (nSPS) is 16.9. The van der Waals surface area contributed by atoms with Crippen molar-refractivity contribution in [1.29, 1.82) is 0 Å². The number of nitrogens with zero attached hydrogens (tertiary/aromatic N) is 1. The molecule has 2 aromatic rings. The van der Waals surface area contributed by atoms with E-state index in [1.807, 2.05) is 32.0 Å². The van der Waals surface area contributed by atoms with Gasteiger partial charge in [0.1, 0.15) is 0 Å². The fourth-order valence-corrected chi connectivity index (χ4v) is 4.50. The van der Waals surface area contributed by atoms with Crippen molar-refractivity contribution in [2.24, 2.45) is 5.92 Å². The maximum Gasteiger partial charge on any atom is 0.240 e. The number of carbonyl (C=O) groups is 2. The molecular formula is C21H25N3O4S. The third-order valence-corrected chi connectivity index (χ3v) is 6.47. The number of carbonyl (C=O) groups excluding carboxylic acids is 2. The van der Waals surface area contributed by atoms with Gasteiger partial charge in [-0.2, -0.15) is 0 Å². The van der Waals surface area contributed by atoms with Gasteiger partial charge in [0, 0.05) is 30.9 Å². The van der Waals surface area contributed by atoms with Crippen molar-refractivity contribution in [1.82, 2.24) is 4.72 Å². The second-order valence-corrected chi connectivity index (χ2v) is 8.98. The second kappa shape index (κ2) is 8.34. The highest BCUT2D eigenvalue weighted by molar-refractivity contribution is 7.89. The smallest absolute Gasteiger partial charge is 0.240 e. The molecule has 7 nitrogen and oxygen atoms in total. The van der Waals surface area contributed by atoms with E-state index in [-0.39, 0.29) is 23.1 Å². The fraction of sp³-hybridized carbons (Fsp3) is 0.333. The number of sulfonamides is 1. The van der Waals surface area contributed by atoms with Gasteiger partial charge in [0.25, 0.3) is 0 Å². The molecule has 29 heavy (non-hydrogen) atoms. The Bertz CT molecular complexity index is 1030. The summed E-state index contributed by atoms with van der Waals surface area (Å²) in [5, 5.41) is 2.78. The highest BCUT2D eigenvalue weighted by Gasteiger charge is 2.35. The van der Waals surface area contributed by atoms with E-state index >= 15 is 0 Å². The summed E-state index contributed by atoms with van der Waals surface area (Å²) in [7, 11) is -3.54. The van der Waals surface area contributed by atoms with Gasteiger partial charge in [0.15, 0.2) is 0 Å². The molecule has 1 heterocycles. The van der Waals surface area contributed by atoms with E-state index in [9.17, 15) is 18.0 Å². The average molecular weight is 416 g/mol. The topological polar surface area (TPSA) is 95.6 Å². The minimum absolute atomic E-state index is 0.0795. The number of anilines is 2. The van der Waals surface area contributed by atoms with Crippen LogP contribution in [-0.4, -0.2) is 33.3 Å². The molecule has 1 atom stereocenters. The van der Waals surface area contributed by atoms with Gasteiger partial charge in [-0.1, -0.05) is 24.6 Å². The fourth-order valence-electron chi connectivity index (χ4n) is 3.46. The minimum Gasteiger partial charge on any atom is -0.326 e. The molecule has 2 N–H and O–H groups in total. The predicted molar refractivity (Wildman–Crippen MR) is 112 cm³/mol. The van der Waals surface area contributed by atoms with Crippen LogP contribution in [0.25, 0.3) is 0 Å². The van der Waals surface area contributed by atoms with Crippen LogP contribution in [0.2, 0.25) is 0 Å². The highest BCUT2D eigenvalue weighted by atomic mass is 32.2. The predicted octanol–water partition coefficient (Wildman–Crippen LogP) is 2.59. The van der Waals surface area contributed by atoms with E-state index in [2.05, 4.69) is 10.0 Å². The van der Waals surface area contributed by atoms with Crippen molar-refractivity contribution < 1.29 is 18.0 Å². The number of benzene rings is 2. The lowest BCUT2D eigenvalue weighted by atomic mass is 10.1. The number of amides is 2. The number of hydrogen-bond acceptors (Lipinski definition) is 4. The molecule has 154 valence electrons. The van der Waals surface area contributed by atoms with Gasteiger partial charge in [-0.3, -0.25) is 9.59 Å². The molecule has 0 bridgehead atoms. The lowest BCUT2D eigenvalue weighted by Crippen LogP contribution is -2.28. The maximum atomic E-state index is 12.6. The zero-order valence-corrected chi connectivity index (χ0v) is 17.5. The van der Waals surface area contributed by atoms with Gasteiger partial charge in [0.2, 0.25) is 21.8 Å². The quantitative estimate of drug-likeness (QED) is 0.758. The number of rotatable bonds is 6. The van der Waals surface area contributed by atoms with Crippen LogP contribution >= 0.6 is 0 Å². The Kier molecular flexibility index (Phi) is 6.04. The maximum absolute atomic E-state index is 12.6. The molecule has 0 unspecified atom stereocenters. The Morgan fingerprint density at radius 3 is 2.45 bits per heavy atom. The molecule has 0 radical (unpaired) electrons. The zero-order valence-electron chi connectivity index (χ0n) is 16.7. The molecule has 1 aliphatic rings. The van der Waals surface area contributed by atoms with Crippen molar-refractivity contribution in [3.05, 3.63) is 53.6 Å². The average Bonchev–Trinajstić information content (AvgIpc) is 3.04. The van der Waals surface area contributed by atoms with Crippen molar-refractivity contribution in [2.45, 2.75) is 32.1 Å². The summed E-state index contributed by atoms with van der Waals surface area (Å²) in [6, 6.07) is 11.8. The molecule has 1 fully saturated rings. The summed E-state index contributed by atoms with van der Waals surface area (Å²) in [6.45, 7) is 6.27. The Balaban J connectivity index is 1.68. The van der Waals surface area contributed by atoms with Crippen molar-refractivity contribution in [2.75, 3.05) is 23.3 Å². The summed E-state index contributed by atoms with van der Waals surface area (Å²) < 4.78 is 26.4. The van der Waals surface area contributed by atoms with Crippen molar-refractivity contribution >= 4 is 33.2 Å². The monoisotopic (exact) mass is 415 g/mol. The van der Waals surface area contributed by atoms with Crippen LogP contribution in [0.4, 0.5) is 11.4 Å². The van der Waals surface area contributed by atoms with E-state index in [0.717, 1.165) is 16.8 Å². The van der Waals surface area contributed by atoms with E-state index in [1.165, 1.54) is 12.1 Å². The highest BCUT2D eigenvalue weighted by Crippen LogP contribution is 2.29. The summed E-state index contributed by atoms with van der Waals surface area (Å²) in [5.74, 6) is -0.801. The number of nitrogens with one attached hydrogen (secondary N) is 2. The Morgan fingerprint density at radius 2 is 1.83 bits per heavy atom. The van der Waals surface area contributed by atoms with Crippen LogP contribution in [0, 0.1) is 19.8 Å². The first-order valence-electron chi connectivity index (χ1n) is 9.49. The molecule has 2 amide bonds. The molecule has 1 aliphatic heterocycles. The van der Waals surface area contributed by atoms with Gasteiger partial charge >= 0.3 is 0 Å². The van der Waals surface area contributed by atoms with Crippen LogP contribution in [0.1, 0.15) is 24.5 Å². The largest absolute Gasteiger partial charge is 0.326 e. The molecule has 3 rings (SSSR count). The number of hydrogen-bond donors (Lipinski definition) is 2. The van der Waals surface area contributed by atoms with Crippen LogP contribution in [-0.2, 0) is 19.6 Å². The molecule has 2 aromatic carbocycles. The first-order valence-corrected chi connectivity index (χ1v) is 11.0. The summed E-state index contributed by atoms with van der Waals surface area (Å²) in [5.41, 5.74) is 3.43. The molecule has 0 aromatic heterocycles. The van der Waals surface area contributed by atoms with Crippen molar-refractivity contribution in [3.63, 3.8) is 0 Å². The summed E-state index contributed by atoms with van der Waals surface area (Å²) in [6.07, 6.45) is 0.145. The van der Waals surface area contributed by atoms with E-state index in [1.54, 1.807) is 24.0 Å². The molecule has 0 saturated carbocycles. The third-order valence-electron chi connectivity index (χ3n) is 4.91. The first kappa shape index (κ1) is 21.0. The standard InChI is InChI=1S/C21H25N3O4S/c1-4-22-29(27,28)18-8-6-17(7-9-18)23-21(26)16-12-20(25)24(13-16)19-10-5-14(2)11-15(19)3/h5-11,16,22H,4,12-13H2,1-3H3,(H,23,26)/t16-/m0/s1. The van der Waals surface area contributed by atoms with Gasteiger partial charge in [-0.25, -0.2) is 13.1 Å². The SMILES string of the molecule is CCNS(=O)(=O)c1ccc(NC(=O)[C@H]2CC(=O)N(c3ccc(C)cc3C)C2)cc1. The Morgan fingerprint density at radius 1 is 1.14 bits per heavy atom. The third kappa shape index (κ3) is 4.65. The molecule has 1 saturated heterocycles. The minimum atomic E-state index is -3.54. The van der Waals surface area contributed by atoms with Gasteiger partial charge in [0.05, 0.1) is 10.8 Å². The van der Waals surface area contributed by atoms with E-state index < -0.39 is 15.9 Å². The van der Waals surface area contributed by atoms with Crippen LogP contribution < -0.4 is 14.9 Å². The summed E-state index contributed by atoms with van der Waals surface area (Å²) >= 11 is 0. The first-order chi connectivity index (χ1) is 13.7. The zero-order chi connectivity index (χ0) is 21.2. The second-order valence-electron chi connectivity index (χ2n) is 7.21. The lowest BCUT2D eigenvalue weighted by molar-refractivity contribution is -0.122. The van der Waals surface area contributed by atoms with Crippen LogP contribution in [0.15, 0.2) is 47.4 Å². The van der Waals surface area contributed by atoms with Crippen LogP contribution in [0.5, 0.6) is 0 Å². The molecule has 0 spiro atoms. The number of aryl methyl sites for hydroxylation is 2. The molecular weight excluding hydrogens is 390 g/mol. The van der Waals surface area contributed by atoms with Crippen LogP contribution in [0.3, 0.4) is 0 Å². The Hall–Kier alpha value is -2.71. The van der Waals surface area contributed by atoms with Gasteiger partial charge in [-0.15, -0.1) is 0 Å². The van der Waals surface area contributed by atoms with Gasteiger partial charge in [-0.05, 0) is 49.7 Å². The molecule has 8 heteroatoms. The Labute approximate surface area is 171 Å².